The number of hydrogen-bond donors (Lipinski definition) is 1. The number of hydrogen-bond acceptors (Lipinski definition) is 3. The zero-order valence-electron chi connectivity index (χ0n) is 10.5. The van der Waals surface area contributed by atoms with Gasteiger partial charge in [-0.25, -0.2) is 0 Å². The molecule has 0 amide bonds. The summed E-state index contributed by atoms with van der Waals surface area (Å²) in [6.45, 7) is 1.60. The highest BCUT2D eigenvalue weighted by atomic mass is 35.5. The smallest absolute Gasteiger partial charge is 0.280 e. The van der Waals surface area contributed by atoms with E-state index in [1.54, 1.807) is 0 Å². The number of ether oxygens (including phenoxy) is 1. The molecule has 1 atom stereocenters. The van der Waals surface area contributed by atoms with E-state index in [-0.39, 0.29) is 5.88 Å². The zero-order valence-corrected chi connectivity index (χ0v) is 12.0. The van der Waals surface area contributed by atoms with E-state index in [0.29, 0.717) is 26.3 Å². The van der Waals surface area contributed by atoms with Gasteiger partial charge < -0.3 is 4.74 Å². The van der Waals surface area contributed by atoms with Crippen LogP contribution in [0.2, 0.25) is 0 Å². The summed E-state index contributed by atoms with van der Waals surface area (Å²) in [6, 6.07) is 8.89. The summed E-state index contributed by atoms with van der Waals surface area (Å²) in [4.78, 5) is 0. The van der Waals surface area contributed by atoms with E-state index in [4.69, 9.17) is 16.3 Å². The van der Waals surface area contributed by atoms with Crippen molar-refractivity contribution in [3.63, 3.8) is 0 Å². The summed E-state index contributed by atoms with van der Waals surface area (Å²) in [5.41, 5.74) is 0.856. The average Bonchev–Trinajstić information content (AvgIpc) is 2.47. The second-order valence-electron chi connectivity index (χ2n) is 4.25. The van der Waals surface area contributed by atoms with Crippen molar-refractivity contribution >= 4 is 21.8 Å². The molecule has 7 heteroatoms. The molecule has 1 fully saturated rings. The molecule has 0 radical (unpaired) electrons. The van der Waals surface area contributed by atoms with Crippen molar-refractivity contribution in [2.24, 2.45) is 0 Å². The van der Waals surface area contributed by atoms with Crippen LogP contribution < -0.4 is 4.72 Å². The lowest BCUT2D eigenvalue weighted by Crippen LogP contribution is -2.47. The van der Waals surface area contributed by atoms with Gasteiger partial charge in [0.1, 0.15) is 0 Å². The van der Waals surface area contributed by atoms with Crippen molar-refractivity contribution in [2.45, 2.75) is 6.04 Å². The van der Waals surface area contributed by atoms with Crippen molar-refractivity contribution in [2.75, 3.05) is 32.2 Å². The molecular weight excluding hydrogens is 288 g/mol. The minimum atomic E-state index is -3.52. The third-order valence-corrected chi connectivity index (χ3v) is 4.89. The quantitative estimate of drug-likeness (QED) is 0.830. The fourth-order valence-corrected chi connectivity index (χ4v) is 3.62. The maximum absolute atomic E-state index is 12.2. The van der Waals surface area contributed by atoms with Crippen LogP contribution >= 0.6 is 11.6 Å². The maximum Gasteiger partial charge on any atom is 0.280 e. The first-order valence-electron chi connectivity index (χ1n) is 6.09. The fraction of sp³-hybridized carbons (Fsp3) is 0.500. The molecule has 1 aliphatic rings. The first-order chi connectivity index (χ1) is 9.13. The number of alkyl halides is 1. The summed E-state index contributed by atoms with van der Waals surface area (Å²) in [5, 5.41) is 0. The third kappa shape index (κ3) is 3.90. The molecule has 0 bridgehead atoms. The Morgan fingerprint density at radius 1 is 1.26 bits per heavy atom. The van der Waals surface area contributed by atoms with E-state index in [9.17, 15) is 8.42 Å². The van der Waals surface area contributed by atoms with Gasteiger partial charge in [-0.15, -0.1) is 11.6 Å². The Kier molecular flexibility index (Phi) is 5.18. The monoisotopic (exact) mass is 304 g/mol. The number of benzene rings is 1. The van der Waals surface area contributed by atoms with Crippen molar-refractivity contribution in [1.82, 2.24) is 9.03 Å². The number of halogens is 1. The highest BCUT2D eigenvalue weighted by molar-refractivity contribution is 7.87. The second kappa shape index (κ2) is 6.67. The summed E-state index contributed by atoms with van der Waals surface area (Å²) < 4.78 is 33.6. The minimum Gasteiger partial charge on any atom is -0.379 e. The predicted octanol–water partition coefficient (Wildman–Crippen LogP) is 1.13. The van der Waals surface area contributed by atoms with Crippen molar-refractivity contribution < 1.29 is 13.2 Å². The lowest BCUT2D eigenvalue weighted by molar-refractivity contribution is 0.0723. The van der Waals surface area contributed by atoms with Gasteiger partial charge in [0.15, 0.2) is 0 Å². The van der Waals surface area contributed by atoms with E-state index in [2.05, 4.69) is 4.72 Å². The van der Waals surface area contributed by atoms with Gasteiger partial charge in [0.05, 0.1) is 19.3 Å². The second-order valence-corrected chi connectivity index (χ2v) is 6.26. The molecule has 106 valence electrons. The lowest BCUT2D eigenvalue weighted by atomic mass is 10.1. The van der Waals surface area contributed by atoms with Crippen LogP contribution in [0.5, 0.6) is 0 Å². The van der Waals surface area contributed by atoms with Crippen LogP contribution in [0.4, 0.5) is 0 Å². The van der Waals surface area contributed by atoms with Crippen LogP contribution in [0.15, 0.2) is 30.3 Å². The largest absolute Gasteiger partial charge is 0.379 e. The molecule has 1 heterocycles. The van der Waals surface area contributed by atoms with E-state index in [1.165, 1.54) is 4.31 Å². The number of morpholine rings is 1. The molecule has 0 aromatic heterocycles. The number of nitrogens with zero attached hydrogens (tertiary/aromatic N) is 1. The topological polar surface area (TPSA) is 58.6 Å². The number of nitrogens with one attached hydrogen (secondary N) is 1. The molecule has 1 aromatic rings. The summed E-state index contributed by atoms with van der Waals surface area (Å²) >= 11 is 5.88. The predicted molar refractivity (Wildman–Crippen MR) is 74.4 cm³/mol. The van der Waals surface area contributed by atoms with Gasteiger partial charge >= 0.3 is 0 Å². The Morgan fingerprint density at radius 3 is 2.47 bits per heavy atom. The first-order valence-corrected chi connectivity index (χ1v) is 8.07. The van der Waals surface area contributed by atoms with Crippen molar-refractivity contribution in [1.29, 1.82) is 0 Å². The molecule has 0 spiro atoms. The van der Waals surface area contributed by atoms with Crippen LogP contribution in [0.3, 0.4) is 0 Å². The van der Waals surface area contributed by atoms with E-state index in [0.717, 1.165) is 5.56 Å². The molecule has 19 heavy (non-hydrogen) atoms. The Bertz CT molecular complexity index is 489. The Hall–Kier alpha value is -0.660. The van der Waals surface area contributed by atoms with Gasteiger partial charge in [-0.1, -0.05) is 30.3 Å². The molecule has 1 unspecified atom stereocenters. The van der Waals surface area contributed by atoms with Crippen LogP contribution in [0, 0.1) is 0 Å². The van der Waals surface area contributed by atoms with E-state index < -0.39 is 16.3 Å². The van der Waals surface area contributed by atoms with Crippen molar-refractivity contribution in [3.05, 3.63) is 35.9 Å². The first kappa shape index (κ1) is 14.7. The fourth-order valence-electron chi connectivity index (χ4n) is 1.92. The van der Waals surface area contributed by atoms with Crippen molar-refractivity contribution in [3.8, 4) is 0 Å². The molecule has 2 rings (SSSR count). The Labute approximate surface area is 118 Å². The summed E-state index contributed by atoms with van der Waals surface area (Å²) in [5.74, 6) is 0.188. The van der Waals surface area contributed by atoms with Crippen LogP contribution in [-0.4, -0.2) is 44.9 Å². The highest BCUT2D eigenvalue weighted by Gasteiger charge is 2.27. The molecule has 1 aromatic carbocycles. The lowest BCUT2D eigenvalue weighted by Gasteiger charge is -2.28. The van der Waals surface area contributed by atoms with E-state index >= 15 is 0 Å². The zero-order chi connectivity index (χ0) is 13.7. The SMILES string of the molecule is O=S(=O)(NC(CCl)c1ccccc1)N1CCOCC1. The summed E-state index contributed by atoms with van der Waals surface area (Å²) in [6.07, 6.45) is 0. The van der Waals surface area contributed by atoms with E-state index in [1.807, 2.05) is 30.3 Å². The van der Waals surface area contributed by atoms with Gasteiger partial charge in [-0.3, -0.25) is 0 Å². The number of rotatable bonds is 5. The average molecular weight is 305 g/mol. The third-order valence-electron chi connectivity index (χ3n) is 2.96. The standard InChI is InChI=1S/C12H17ClN2O3S/c13-10-12(11-4-2-1-3-5-11)14-19(16,17)15-6-8-18-9-7-15/h1-5,12,14H,6-10H2. The minimum absolute atomic E-state index is 0.188. The molecule has 0 aliphatic carbocycles. The van der Waals surface area contributed by atoms with Crippen LogP contribution in [0.1, 0.15) is 11.6 Å². The van der Waals surface area contributed by atoms with Gasteiger partial charge in [0.25, 0.3) is 10.2 Å². The molecule has 0 saturated carbocycles. The maximum atomic E-state index is 12.2. The van der Waals surface area contributed by atoms with Crippen LogP contribution in [0.25, 0.3) is 0 Å². The van der Waals surface area contributed by atoms with Gasteiger partial charge in [-0.05, 0) is 5.56 Å². The molecule has 1 aliphatic heterocycles. The van der Waals surface area contributed by atoms with Gasteiger partial charge in [0.2, 0.25) is 0 Å². The van der Waals surface area contributed by atoms with Gasteiger partial charge in [-0.2, -0.15) is 17.4 Å². The normalized spacial score (nSPS) is 19.2. The van der Waals surface area contributed by atoms with Crippen LogP contribution in [-0.2, 0) is 14.9 Å². The molecule has 5 nitrogen and oxygen atoms in total. The Morgan fingerprint density at radius 2 is 1.89 bits per heavy atom. The highest BCUT2D eigenvalue weighted by Crippen LogP contribution is 2.16. The Balaban J connectivity index is 2.09. The molecular formula is C12H17ClN2O3S. The van der Waals surface area contributed by atoms with Gasteiger partial charge in [0, 0.05) is 19.0 Å². The molecule has 1 saturated heterocycles. The molecule has 1 N–H and O–H groups in total. The summed E-state index contributed by atoms with van der Waals surface area (Å²) in [7, 11) is -3.52.